The number of benzene rings is 3. The quantitative estimate of drug-likeness (QED) is 0.115. The van der Waals surface area contributed by atoms with E-state index in [0.717, 1.165) is 63.7 Å². The number of ketones is 1. The number of phenols is 2. The number of aromatic hydroxyl groups is 2. The Kier molecular flexibility index (Phi) is 10.8. The van der Waals surface area contributed by atoms with Gasteiger partial charge in [0, 0.05) is 42.3 Å². The summed E-state index contributed by atoms with van der Waals surface area (Å²) in [6.45, 7) is 0.116. The van der Waals surface area contributed by atoms with Crippen LogP contribution in [0.2, 0.25) is 0 Å². The van der Waals surface area contributed by atoms with E-state index in [4.69, 9.17) is 14.2 Å². The minimum Gasteiger partial charge on any atom is -0.504 e. The monoisotopic (exact) mass is 717 g/mol. The molecule has 4 N–H and O–H groups in total. The molecule has 0 unspecified atom stereocenters. The topological polar surface area (TPSA) is 138 Å². The molecule has 0 radical (unpaired) electrons. The SMILES string of the molecule is COc1cc(CC[C@@H]2CC(=O)C[C@H]3c4cc(OC)c(O)cc4C(=C[C@H]4CC[C@@H](CCO)C[C@H]43)c3[nH]c4ccccc4c3CC#CCC(=O)O2)ccc1O. The number of H-pyrrole nitrogens is 1. The fraction of sp³-hybridized carbons (Fsp3) is 0.409. The van der Waals surface area contributed by atoms with Crippen LogP contribution in [0.25, 0.3) is 16.5 Å². The number of hydrogen-bond acceptors (Lipinski definition) is 8. The molecule has 2 bridgehead atoms. The molecule has 1 fully saturated rings. The van der Waals surface area contributed by atoms with Crippen LogP contribution in [0.15, 0.2) is 60.7 Å². The number of aliphatic hydroxyl groups excluding tert-OH is 1. The molecule has 0 amide bonds. The Bertz CT molecular complexity index is 2100. The van der Waals surface area contributed by atoms with Crippen LogP contribution in [0.1, 0.15) is 85.2 Å². The van der Waals surface area contributed by atoms with Gasteiger partial charge in [0.25, 0.3) is 0 Å². The molecule has 2 aliphatic carbocycles. The molecule has 4 aromatic rings. The van der Waals surface area contributed by atoms with Gasteiger partial charge in [0.2, 0.25) is 0 Å². The van der Waals surface area contributed by atoms with Crippen molar-refractivity contribution in [1.82, 2.24) is 4.98 Å². The second-order valence-corrected chi connectivity index (χ2v) is 14.7. The van der Waals surface area contributed by atoms with Gasteiger partial charge in [-0.3, -0.25) is 9.59 Å². The van der Waals surface area contributed by atoms with E-state index < -0.39 is 12.1 Å². The number of aryl methyl sites for hydroxylation is 1. The lowest BCUT2D eigenvalue weighted by Gasteiger charge is -2.39. The first-order valence-corrected chi connectivity index (χ1v) is 18.6. The summed E-state index contributed by atoms with van der Waals surface area (Å²) in [5.74, 6) is 6.86. The number of methoxy groups -OCH3 is 2. The molecule has 276 valence electrons. The minimum absolute atomic E-state index is 0.0231. The zero-order valence-corrected chi connectivity index (χ0v) is 30.3. The van der Waals surface area contributed by atoms with Crippen LogP contribution >= 0.6 is 0 Å². The smallest absolute Gasteiger partial charge is 0.318 e. The van der Waals surface area contributed by atoms with E-state index in [1.807, 2.05) is 24.3 Å². The molecule has 5 atom stereocenters. The highest BCUT2D eigenvalue weighted by Crippen LogP contribution is 2.53. The zero-order valence-electron chi connectivity index (χ0n) is 30.3. The van der Waals surface area contributed by atoms with Crippen LogP contribution in [0.5, 0.6) is 23.0 Å². The van der Waals surface area contributed by atoms with Crippen LogP contribution in [0.3, 0.4) is 0 Å². The summed E-state index contributed by atoms with van der Waals surface area (Å²) in [5.41, 5.74) is 6.51. The van der Waals surface area contributed by atoms with Gasteiger partial charge in [-0.15, -0.1) is 0 Å². The summed E-state index contributed by atoms with van der Waals surface area (Å²) in [6, 6.07) is 16.9. The Hall–Kier alpha value is -5.20. The van der Waals surface area contributed by atoms with Gasteiger partial charge in [-0.1, -0.05) is 42.2 Å². The molecule has 1 aromatic heterocycles. The molecule has 2 heterocycles. The van der Waals surface area contributed by atoms with Crippen molar-refractivity contribution in [3.8, 4) is 34.8 Å². The molecule has 9 nitrogen and oxygen atoms in total. The summed E-state index contributed by atoms with van der Waals surface area (Å²) in [4.78, 5) is 31.3. The number of esters is 1. The van der Waals surface area contributed by atoms with Crippen LogP contribution in [-0.2, 0) is 27.2 Å². The number of phenolic OH excluding ortho intramolecular Hbond substituents is 2. The van der Waals surface area contributed by atoms with Crippen LogP contribution in [0, 0.1) is 29.6 Å². The Morgan fingerprint density at radius 3 is 2.51 bits per heavy atom. The van der Waals surface area contributed by atoms with Crippen molar-refractivity contribution in [3.05, 3.63) is 88.6 Å². The Morgan fingerprint density at radius 1 is 0.906 bits per heavy atom. The number of aromatic nitrogens is 1. The maximum Gasteiger partial charge on any atom is 0.318 e. The first kappa shape index (κ1) is 36.2. The number of ether oxygens (including phenoxy) is 3. The number of carbonyl (C=O) groups excluding carboxylic acids is 2. The lowest BCUT2D eigenvalue weighted by atomic mass is 9.65. The fourth-order valence-electron chi connectivity index (χ4n) is 8.85. The first-order valence-electron chi connectivity index (χ1n) is 18.6. The van der Waals surface area contributed by atoms with E-state index in [1.165, 1.54) is 14.2 Å². The van der Waals surface area contributed by atoms with Crippen molar-refractivity contribution in [3.63, 3.8) is 0 Å². The van der Waals surface area contributed by atoms with Gasteiger partial charge in [0.1, 0.15) is 18.3 Å². The lowest BCUT2D eigenvalue weighted by Crippen LogP contribution is -2.31. The van der Waals surface area contributed by atoms with Crippen molar-refractivity contribution in [1.29, 1.82) is 0 Å². The number of aromatic amines is 1. The average Bonchev–Trinajstić information content (AvgIpc) is 3.46. The van der Waals surface area contributed by atoms with Gasteiger partial charge in [0.15, 0.2) is 23.0 Å². The summed E-state index contributed by atoms with van der Waals surface area (Å²) in [7, 11) is 3.02. The van der Waals surface area contributed by atoms with Crippen molar-refractivity contribution < 1.29 is 39.1 Å². The number of carbonyl (C=O) groups is 2. The predicted octanol–water partition coefficient (Wildman–Crippen LogP) is 7.38. The number of hydrogen-bond donors (Lipinski definition) is 4. The Balaban J connectivity index is 1.35. The van der Waals surface area contributed by atoms with Gasteiger partial charge >= 0.3 is 5.97 Å². The molecule has 9 heteroatoms. The average molecular weight is 718 g/mol. The van der Waals surface area contributed by atoms with Gasteiger partial charge in [-0.05, 0) is 115 Å². The Morgan fingerprint density at radius 2 is 1.70 bits per heavy atom. The number of Topliss-reactive ketones (excluding diaryl/α,β-unsaturated/α-hetero) is 1. The molecule has 1 saturated carbocycles. The van der Waals surface area contributed by atoms with E-state index in [2.05, 4.69) is 29.0 Å². The van der Waals surface area contributed by atoms with Crippen molar-refractivity contribution in [2.24, 2.45) is 17.8 Å². The Labute approximate surface area is 310 Å². The number of rotatable bonds is 7. The molecule has 0 saturated heterocycles. The lowest BCUT2D eigenvalue weighted by molar-refractivity contribution is -0.149. The second-order valence-electron chi connectivity index (χ2n) is 14.7. The number of fused-ring (bicyclic) bond motifs is 6. The van der Waals surface area contributed by atoms with E-state index >= 15 is 0 Å². The molecule has 3 aliphatic rings. The predicted molar refractivity (Wildman–Crippen MR) is 202 cm³/mol. The fourth-order valence-corrected chi connectivity index (χ4v) is 8.85. The summed E-state index contributed by atoms with van der Waals surface area (Å²) >= 11 is 0. The highest BCUT2D eigenvalue weighted by atomic mass is 16.5. The summed E-state index contributed by atoms with van der Waals surface area (Å²) in [6.07, 6.45) is 6.55. The van der Waals surface area contributed by atoms with E-state index in [9.17, 15) is 24.9 Å². The summed E-state index contributed by atoms with van der Waals surface area (Å²) in [5, 5.41) is 32.3. The third-order valence-corrected chi connectivity index (χ3v) is 11.4. The summed E-state index contributed by atoms with van der Waals surface area (Å²) < 4.78 is 17.0. The standard InChI is InChI=1S/C44H47NO8/c1-51-41-20-26(13-16-39(41)48)12-15-30-22-29(47)23-34-33-19-27(17-18-46)11-14-28(33)21-37(35-24-40(49)42(52-2)25-36(34)35)44-32(8-4-6-10-43(50)53-30)31-7-3-5-9-38(31)45-44/h3,5,7,9,13,16,20-21,24-25,27-28,30,33-34,45-46,48-49H,8,10-12,14-15,17-19,22-23H2,1-2H3/t27-,28+,30+,33+,34+/m0/s1. The van der Waals surface area contributed by atoms with Gasteiger partial charge < -0.3 is 34.5 Å². The third kappa shape index (κ3) is 7.65. The van der Waals surface area contributed by atoms with Crippen LogP contribution in [0.4, 0.5) is 0 Å². The molecular formula is C44H47NO8. The first-order chi connectivity index (χ1) is 25.8. The third-order valence-electron chi connectivity index (χ3n) is 11.4. The van der Waals surface area contributed by atoms with Gasteiger partial charge in [-0.25, -0.2) is 0 Å². The molecule has 1 aliphatic heterocycles. The van der Waals surface area contributed by atoms with Gasteiger partial charge in [0.05, 0.1) is 19.9 Å². The van der Waals surface area contributed by atoms with Crippen LogP contribution in [-0.4, -0.2) is 59.0 Å². The maximum absolute atomic E-state index is 14.4. The maximum atomic E-state index is 14.4. The second kappa shape index (κ2) is 15.8. The molecular weight excluding hydrogens is 670 g/mol. The number of nitrogens with one attached hydrogen (secondary N) is 1. The highest BCUT2D eigenvalue weighted by Gasteiger charge is 2.41. The number of allylic oxidation sites excluding steroid dienone is 1. The van der Waals surface area contributed by atoms with E-state index in [1.54, 1.807) is 24.3 Å². The molecule has 3 aromatic carbocycles. The van der Waals surface area contributed by atoms with E-state index in [0.29, 0.717) is 43.1 Å². The number of aliphatic hydroxyl groups is 1. The highest BCUT2D eigenvalue weighted by molar-refractivity contribution is 5.94. The number of cyclic esters (lactones) is 1. The number of para-hydroxylation sites is 1. The normalized spacial score (nSPS) is 23.1. The molecule has 7 rings (SSSR count). The van der Waals surface area contributed by atoms with Crippen molar-refractivity contribution in [2.75, 3.05) is 20.8 Å². The van der Waals surface area contributed by atoms with Gasteiger partial charge in [-0.2, -0.15) is 0 Å². The van der Waals surface area contributed by atoms with Crippen molar-refractivity contribution >= 4 is 28.2 Å². The largest absolute Gasteiger partial charge is 0.504 e. The zero-order chi connectivity index (χ0) is 37.1. The molecule has 0 spiro atoms. The van der Waals surface area contributed by atoms with Crippen LogP contribution < -0.4 is 9.47 Å². The minimum atomic E-state index is -0.678. The molecule has 53 heavy (non-hydrogen) atoms. The van der Waals surface area contributed by atoms with Crippen molar-refractivity contribution in [2.45, 2.75) is 76.2 Å². The van der Waals surface area contributed by atoms with E-state index in [-0.39, 0.29) is 60.9 Å².